The van der Waals surface area contributed by atoms with Crippen LogP contribution in [0, 0.1) is 12.7 Å². The van der Waals surface area contributed by atoms with Gasteiger partial charge < -0.3 is 11.1 Å². The Morgan fingerprint density at radius 3 is 2.42 bits per heavy atom. The number of ketones is 1. The van der Waals surface area contributed by atoms with Crippen LogP contribution in [-0.4, -0.2) is 20.0 Å². The summed E-state index contributed by atoms with van der Waals surface area (Å²) in [5.41, 5.74) is 9.21. The third-order valence-corrected chi connectivity index (χ3v) is 8.22. The molecule has 0 fully saturated rings. The number of aryl methyl sites for hydroxylation is 2. The van der Waals surface area contributed by atoms with Crippen molar-refractivity contribution in [3.8, 4) is 0 Å². The average molecular weight is 461 g/mol. The van der Waals surface area contributed by atoms with Crippen molar-refractivity contribution in [2.75, 3.05) is 16.8 Å². The van der Waals surface area contributed by atoms with Crippen molar-refractivity contribution in [1.82, 2.24) is 0 Å². The van der Waals surface area contributed by atoms with Gasteiger partial charge in [0.15, 0.2) is 9.84 Å². The maximum Gasteiger partial charge on any atom is 0.205 e. The molecule has 5 nitrogen and oxygen atoms in total. The number of rotatable bonds is 8. The number of hydrogen-bond donors (Lipinski definition) is 2. The minimum absolute atomic E-state index is 0.0462. The second-order valence-electron chi connectivity index (χ2n) is 7.25. The smallest absolute Gasteiger partial charge is 0.205 e. The van der Waals surface area contributed by atoms with Crippen molar-refractivity contribution in [2.24, 2.45) is 0 Å². The number of benzene rings is 2. The van der Waals surface area contributed by atoms with Crippen LogP contribution in [0.25, 0.3) is 0 Å². The van der Waals surface area contributed by atoms with Gasteiger partial charge in [-0.15, -0.1) is 11.3 Å². The molecule has 164 valence electrons. The predicted octanol–water partition coefficient (Wildman–Crippen LogP) is 5.50. The van der Waals surface area contributed by atoms with Gasteiger partial charge in [0.2, 0.25) is 5.78 Å². The van der Waals surface area contributed by atoms with Crippen LogP contribution < -0.4 is 11.1 Å². The predicted molar refractivity (Wildman–Crippen MR) is 125 cm³/mol. The molecule has 0 amide bonds. The molecular formula is C23H25FN2O3S2. The molecule has 0 saturated heterocycles. The van der Waals surface area contributed by atoms with Crippen molar-refractivity contribution in [3.05, 3.63) is 69.8 Å². The van der Waals surface area contributed by atoms with E-state index in [4.69, 9.17) is 5.73 Å². The van der Waals surface area contributed by atoms with Gasteiger partial charge in [0.25, 0.3) is 0 Å². The minimum Gasteiger partial charge on any atom is -0.396 e. The number of carbonyl (C=O) groups excluding carboxylic acids is 1. The molecule has 0 spiro atoms. The van der Waals surface area contributed by atoms with E-state index in [9.17, 15) is 17.6 Å². The summed E-state index contributed by atoms with van der Waals surface area (Å²) in [7, 11) is -3.72. The van der Waals surface area contributed by atoms with Crippen molar-refractivity contribution < 1.29 is 17.6 Å². The fraction of sp³-hybridized carbons (Fsp3) is 0.261. The molecule has 1 heterocycles. The highest BCUT2D eigenvalue weighted by Gasteiger charge is 2.30. The Hall–Kier alpha value is -2.71. The molecule has 0 radical (unpaired) electrons. The summed E-state index contributed by atoms with van der Waals surface area (Å²) in [5, 5.41) is 3.57. The normalized spacial score (nSPS) is 11.5. The molecule has 0 saturated carbocycles. The first kappa shape index (κ1) is 23.0. The number of nitrogens with two attached hydrogens (primary N) is 1. The van der Waals surface area contributed by atoms with E-state index in [0.29, 0.717) is 11.4 Å². The van der Waals surface area contributed by atoms with Gasteiger partial charge in [0.1, 0.15) is 20.6 Å². The lowest BCUT2D eigenvalue weighted by Gasteiger charge is -2.14. The van der Waals surface area contributed by atoms with Crippen molar-refractivity contribution in [2.45, 2.75) is 38.5 Å². The van der Waals surface area contributed by atoms with Crippen LogP contribution in [0.2, 0.25) is 0 Å². The van der Waals surface area contributed by atoms with Gasteiger partial charge in [-0.2, -0.15) is 0 Å². The lowest BCUT2D eigenvalue weighted by Crippen LogP contribution is -2.11. The Bertz CT molecular complexity index is 1220. The SMILES string of the molecule is CCCS(=O)(=O)c1c(Nc2c(C)cccc2CC)sc(C(=O)c2ccc(F)cc2)c1N. The van der Waals surface area contributed by atoms with Crippen molar-refractivity contribution in [3.63, 3.8) is 0 Å². The van der Waals surface area contributed by atoms with Gasteiger partial charge in [-0.3, -0.25) is 4.79 Å². The van der Waals surface area contributed by atoms with Crippen LogP contribution >= 0.6 is 11.3 Å². The Labute approximate surface area is 186 Å². The summed E-state index contributed by atoms with van der Waals surface area (Å²) in [6.45, 7) is 5.72. The maximum atomic E-state index is 13.3. The molecule has 3 aromatic rings. The van der Waals surface area contributed by atoms with Crippen molar-refractivity contribution >= 4 is 43.3 Å². The molecule has 0 unspecified atom stereocenters. The van der Waals surface area contributed by atoms with Gasteiger partial charge >= 0.3 is 0 Å². The third kappa shape index (κ3) is 4.65. The summed E-state index contributed by atoms with van der Waals surface area (Å²) in [6, 6.07) is 10.9. The number of halogens is 1. The van der Waals surface area contributed by atoms with Gasteiger partial charge in [0, 0.05) is 11.3 Å². The number of nitrogen functional groups attached to an aromatic ring is 1. The zero-order valence-corrected chi connectivity index (χ0v) is 19.3. The molecule has 3 N–H and O–H groups in total. The summed E-state index contributed by atoms with van der Waals surface area (Å²) < 4.78 is 39.4. The minimum atomic E-state index is -3.72. The van der Waals surface area contributed by atoms with E-state index in [-0.39, 0.29) is 26.8 Å². The first-order chi connectivity index (χ1) is 14.7. The average Bonchev–Trinajstić information content (AvgIpc) is 3.06. The molecule has 1 aromatic heterocycles. The van der Waals surface area contributed by atoms with Crippen LogP contribution in [0.1, 0.15) is 46.6 Å². The monoisotopic (exact) mass is 460 g/mol. The standard InChI is InChI=1S/C23H25FN2O3S2/c1-4-13-31(28,29)22-18(25)21(20(27)16-9-11-17(24)12-10-16)30-23(22)26-19-14(3)7-6-8-15(19)5-2/h6-12,26H,4-5,13,25H2,1-3H3. The second-order valence-corrected chi connectivity index (χ2v) is 10.3. The van der Waals surface area contributed by atoms with E-state index in [1.165, 1.54) is 24.3 Å². The molecule has 3 rings (SSSR count). The fourth-order valence-electron chi connectivity index (χ4n) is 3.41. The number of para-hydroxylation sites is 1. The molecule has 0 aliphatic rings. The first-order valence-corrected chi connectivity index (χ1v) is 12.5. The number of carbonyl (C=O) groups is 1. The Morgan fingerprint density at radius 2 is 1.81 bits per heavy atom. The third-order valence-electron chi connectivity index (χ3n) is 4.97. The Kier molecular flexibility index (Phi) is 6.81. The first-order valence-electron chi connectivity index (χ1n) is 10.00. The Morgan fingerprint density at radius 1 is 1.13 bits per heavy atom. The maximum absolute atomic E-state index is 13.3. The zero-order chi connectivity index (χ0) is 22.8. The largest absolute Gasteiger partial charge is 0.396 e. The van der Waals surface area contributed by atoms with E-state index in [1.54, 1.807) is 6.92 Å². The topological polar surface area (TPSA) is 89.3 Å². The highest BCUT2D eigenvalue weighted by Crippen LogP contribution is 2.43. The molecule has 0 aliphatic carbocycles. The summed E-state index contributed by atoms with van der Waals surface area (Å²) in [4.78, 5) is 13.1. The fourth-order valence-corrected chi connectivity index (χ4v) is 6.47. The summed E-state index contributed by atoms with van der Waals surface area (Å²) in [6.07, 6.45) is 1.17. The quantitative estimate of drug-likeness (QED) is 0.433. The molecule has 0 aliphatic heterocycles. The van der Waals surface area contributed by atoms with E-state index in [1.807, 2.05) is 32.0 Å². The highest BCUT2D eigenvalue weighted by molar-refractivity contribution is 7.92. The molecule has 8 heteroatoms. The van der Waals surface area contributed by atoms with Crippen LogP contribution in [-0.2, 0) is 16.3 Å². The number of hydrogen-bond acceptors (Lipinski definition) is 6. The van der Waals surface area contributed by atoms with Crippen LogP contribution in [0.4, 0.5) is 20.8 Å². The molecule has 0 atom stereocenters. The van der Waals surface area contributed by atoms with Crippen LogP contribution in [0.15, 0.2) is 47.4 Å². The van der Waals surface area contributed by atoms with Crippen molar-refractivity contribution in [1.29, 1.82) is 0 Å². The van der Waals surface area contributed by atoms with E-state index in [0.717, 1.165) is 34.6 Å². The highest BCUT2D eigenvalue weighted by atomic mass is 32.2. The molecule has 31 heavy (non-hydrogen) atoms. The van der Waals surface area contributed by atoms with Gasteiger partial charge in [-0.25, -0.2) is 12.8 Å². The van der Waals surface area contributed by atoms with E-state index >= 15 is 0 Å². The second kappa shape index (κ2) is 9.20. The molecule has 2 aromatic carbocycles. The van der Waals surface area contributed by atoms with E-state index in [2.05, 4.69) is 5.32 Å². The van der Waals surface area contributed by atoms with Crippen LogP contribution in [0.3, 0.4) is 0 Å². The zero-order valence-electron chi connectivity index (χ0n) is 17.7. The van der Waals surface area contributed by atoms with Gasteiger partial charge in [-0.05, 0) is 55.2 Å². The number of thiophene rings is 1. The summed E-state index contributed by atoms with van der Waals surface area (Å²) in [5.74, 6) is -0.985. The van der Waals surface area contributed by atoms with Gasteiger partial charge in [-0.1, -0.05) is 32.0 Å². The van der Waals surface area contributed by atoms with Crippen LogP contribution in [0.5, 0.6) is 0 Å². The lowest BCUT2D eigenvalue weighted by molar-refractivity contribution is 0.104. The number of sulfone groups is 1. The van der Waals surface area contributed by atoms with Gasteiger partial charge in [0.05, 0.1) is 11.4 Å². The van der Waals surface area contributed by atoms with E-state index < -0.39 is 21.4 Å². The number of nitrogens with one attached hydrogen (secondary N) is 1. The molecule has 0 bridgehead atoms. The number of anilines is 3. The Balaban J connectivity index is 2.17. The molecular weight excluding hydrogens is 435 g/mol. The lowest BCUT2D eigenvalue weighted by atomic mass is 10.1. The summed E-state index contributed by atoms with van der Waals surface area (Å²) >= 11 is 1.01.